The van der Waals surface area contributed by atoms with Gasteiger partial charge in [-0.2, -0.15) is 0 Å². The van der Waals surface area contributed by atoms with Gasteiger partial charge in [-0.05, 0) is 46.4 Å². The highest BCUT2D eigenvalue weighted by atomic mass is 79.9. The van der Waals surface area contributed by atoms with E-state index >= 15 is 0 Å². The largest absolute Gasteiger partial charge is 0.0654 e. The zero-order chi connectivity index (χ0) is 15.4. The maximum atomic E-state index is 3.82. The number of halogens is 1. The van der Waals surface area contributed by atoms with Gasteiger partial charge in [0.2, 0.25) is 0 Å². The van der Waals surface area contributed by atoms with E-state index in [4.69, 9.17) is 0 Å². The van der Waals surface area contributed by atoms with Crippen LogP contribution in [0.5, 0.6) is 0 Å². The van der Waals surface area contributed by atoms with E-state index in [2.05, 4.69) is 83.5 Å². The highest BCUT2D eigenvalue weighted by Gasteiger charge is 2.11. The van der Waals surface area contributed by atoms with Crippen LogP contribution in [0.4, 0.5) is 0 Å². The van der Waals surface area contributed by atoms with E-state index < -0.39 is 0 Å². The van der Waals surface area contributed by atoms with E-state index in [1.165, 1.54) is 51.2 Å². The molecule has 3 aromatic carbocycles. The van der Waals surface area contributed by atoms with E-state index in [9.17, 15) is 0 Å². The first kappa shape index (κ1) is 15.3. The lowest BCUT2D eigenvalue weighted by atomic mass is 9.93. The van der Waals surface area contributed by atoms with Crippen LogP contribution < -0.4 is 0 Å². The van der Waals surface area contributed by atoms with E-state index in [0.717, 1.165) is 6.42 Å². The Hall–Kier alpha value is -1.60. The number of unbranched alkanes of at least 4 members (excludes halogenated alkanes) is 2. The molecule has 0 aliphatic carbocycles. The molecular formula is C21H21Br. The van der Waals surface area contributed by atoms with Gasteiger partial charge in [0.05, 0.1) is 0 Å². The third-order valence-electron chi connectivity index (χ3n) is 4.22. The molecule has 0 aliphatic heterocycles. The van der Waals surface area contributed by atoms with Gasteiger partial charge in [0.15, 0.2) is 0 Å². The van der Waals surface area contributed by atoms with Crippen molar-refractivity contribution in [2.24, 2.45) is 0 Å². The SMILES string of the molecule is CCCCCc1c(Br)cc(-c2ccccc2)c2ccccc12. The molecule has 22 heavy (non-hydrogen) atoms. The molecule has 0 radical (unpaired) electrons. The van der Waals surface area contributed by atoms with Crippen LogP contribution in [0, 0.1) is 0 Å². The summed E-state index contributed by atoms with van der Waals surface area (Å²) < 4.78 is 1.24. The quantitative estimate of drug-likeness (QED) is 0.433. The smallest absolute Gasteiger partial charge is 0.0219 e. The Morgan fingerprint density at radius 2 is 1.50 bits per heavy atom. The second-order valence-electron chi connectivity index (χ2n) is 5.75. The highest BCUT2D eigenvalue weighted by Crippen LogP contribution is 2.36. The van der Waals surface area contributed by atoms with Crippen molar-refractivity contribution in [2.45, 2.75) is 32.6 Å². The molecule has 0 saturated carbocycles. The molecular weight excluding hydrogens is 332 g/mol. The van der Waals surface area contributed by atoms with Crippen molar-refractivity contribution in [1.82, 2.24) is 0 Å². The third-order valence-corrected chi connectivity index (χ3v) is 4.92. The van der Waals surface area contributed by atoms with Crippen molar-refractivity contribution in [1.29, 1.82) is 0 Å². The Balaban J connectivity index is 2.15. The van der Waals surface area contributed by atoms with Crippen molar-refractivity contribution in [3.05, 3.63) is 70.7 Å². The van der Waals surface area contributed by atoms with Crippen LogP contribution >= 0.6 is 15.9 Å². The minimum Gasteiger partial charge on any atom is -0.0654 e. The summed E-state index contributed by atoms with van der Waals surface area (Å²) in [7, 11) is 0. The van der Waals surface area contributed by atoms with Gasteiger partial charge in [0, 0.05) is 4.47 Å². The molecule has 0 spiro atoms. The number of hydrogen-bond acceptors (Lipinski definition) is 0. The molecule has 3 aromatic rings. The fourth-order valence-electron chi connectivity index (χ4n) is 3.06. The first-order chi connectivity index (χ1) is 10.8. The lowest BCUT2D eigenvalue weighted by molar-refractivity contribution is 0.718. The van der Waals surface area contributed by atoms with Crippen LogP contribution in [0.25, 0.3) is 21.9 Å². The summed E-state index contributed by atoms with van der Waals surface area (Å²) in [5.41, 5.74) is 4.03. The van der Waals surface area contributed by atoms with Crippen molar-refractivity contribution in [3.63, 3.8) is 0 Å². The van der Waals surface area contributed by atoms with Gasteiger partial charge in [0.25, 0.3) is 0 Å². The van der Waals surface area contributed by atoms with Gasteiger partial charge in [-0.25, -0.2) is 0 Å². The molecule has 0 unspecified atom stereocenters. The average molecular weight is 353 g/mol. The normalized spacial score (nSPS) is 11.0. The second-order valence-corrected chi connectivity index (χ2v) is 6.61. The van der Waals surface area contributed by atoms with Crippen LogP contribution in [-0.4, -0.2) is 0 Å². The van der Waals surface area contributed by atoms with Gasteiger partial charge in [-0.15, -0.1) is 0 Å². The molecule has 0 fully saturated rings. The van der Waals surface area contributed by atoms with Crippen LogP contribution in [0.2, 0.25) is 0 Å². The van der Waals surface area contributed by atoms with Crippen molar-refractivity contribution in [2.75, 3.05) is 0 Å². The third kappa shape index (κ3) is 3.10. The van der Waals surface area contributed by atoms with Crippen molar-refractivity contribution >= 4 is 26.7 Å². The summed E-state index contributed by atoms with van der Waals surface area (Å²) in [6.07, 6.45) is 4.95. The molecule has 0 amide bonds. The van der Waals surface area contributed by atoms with E-state index in [1.54, 1.807) is 0 Å². The summed E-state index contributed by atoms with van der Waals surface area (Å²) in [6.45, 7) is 2.26. The predicted octanol–water partition coefficient (Wildman–Crippen LogP) is 7.00. The maximum Gasteiger partial charge on any atom is 0.0219 e. The lowest BCUT2D eigenvalue weighted by Crippen LogP contribution is -1.92. The molecule has 0 atom stereocenters. The van der Waals surface area contributed by atoms with Gasteiger partial charge in [0.1, 0.15) is 0 Å². The van der Waals surface area contributed by atoms with Crippen LogP contribution in [0.1, 0.15) is 31.7 Å². The van der Waals surface area contributed by atoms with E-state index in [1.807, 2.05) is 0 Å². The standard InChI is InChI=1S/C21H21Br/c1-2-3-5-14-19-17-12-8-9-13-18(17)20(15-21(19)22)16-10-6-4-7-11-16/h4,6-13,15H,2-3,5,14H2,1H3. The topological polar surface area (TPSA) is 0 Å². The minimum absolute atomic E-state index is 1.14. The number of aryl methyl sites for hydroxylation is 1. The Bertz CT molecular complexity index is 759. The monoisotopic (exact) mass is 352 g/mol. The van der Waals surface area contributed by atoms with Gasteiger partial charge < -0.3 is 0 Å². The summed E-state index contributed by atoms with van der Waals surface area (Å²) in [6, 6.07) is 21.7. The molecule has 3 rings (SSSR count). The molecule has 1 heteroatoms. The lowest BCUT2D eigenvalue weighted by Gasteiger charge is -2.14. The molecule has 112 valence electrons. The van der Waals surface area contributed by atoms with E-state index in [-0.39, 0.29) is 0 Å². The first-order valence-electron chi connectivity index (χ1n) is 8.07. The minimum atomic E-state index is 1.14. The van der Waals surface area contributed by atoms with Crippen LogP contribution in [-0.2, 0) is 6.42 Å². The molecule has 0 N–H and O–H groups in total. The molecule has 0 saturated heterocycles. The Kier molecular flexibility index (Phi) is 4.94. The van der Waals surface area contributed by atoms with E-state index in [0.29, 0.717) is 0 Å². The first-order valence-corrected chi connectivity index (χ1v) is 8.86. The number of benzene rings is 3. The van der Waals surface area contributed by atoms with Crippen LogP contribution in [0.3, 0.4) is 0 Å². The van der Waals surface area contributed by atoms with Gasteiger partial charge in [-0.3, -0.25) is 0 Å². The fraction of sp³-hybridized carbons (Fsp3) is 0.238. The summed E-state index contributed by atoms with van der Waals surface area (Å²) >= 11 is 3.82. The fourth-order valence-corrected chi connectivity index (χ4v) is 3.70. The van der Waals surface area contributed by atoms with Gasteiger partial charge in [-0.1, -0.05) is 90.3 Å². The molecule has 0 aliphatic rings. The Morgan fingerprint density at radius 3 is 2.23 bits per heavy atom. The second kappa shape index (κ2) is 7.11. The molecule has 0 aromatic heterocycles. The number of hydrogen-bond donors (Lipinski definition) is 0. The zero-order valence-electron chi connectivity index (χ0n) is 13.0. The zero-order valence-corrected chi connectivity index (χ0v) is 14.6. The predicted molar refractivity (Wildman–Crippen MR) is 100 cm³/mol. The summed E-state index contributed by atoms with van der Waals surface area (Å²) in [5.74, 6) is 0. The number of fused-ring (bicyclic) bond motifs is 1. The summed E-state index contributed by atoms with van der Waals surface area (Å²) in [4.78, 5) is 0. The van der Waals surface area contributed by atoms with Gasteiger partial charge >= 0.3 is 0 Å². The Morgan fingerprint density at radius 1 is 0.818 bits per heavy atom. The molecule has 0 heterocycles. The number of rotatable bonds is 5. The maximum absolute atomic E-state index is 3.82. The highest BCUT2D eigenvalue weighted by molar-refractivity contribution is 9.10. The Labute approximate surface area is 141 Å². The van der Waals surface area contributed by atoms with Crippen molar-refractivity contribution < 1.29 is 0 Å². The molecule has 0 nitrogen and oxygen atoms in total. The van der Waals surface area contributed by atoms with Crippen LogP contribution in [0.15, 0.2) is 65.1 Å². The summed E-state index contributed by atoms with van der Waals surface area (Å²) in [5, 5.41) is 2.73. The molecule has 0 bridgehead atoms. The van der Waals surface area contributed by atoms with Crippen molar-refractivity contribution in [3.8, 4) is 11.1 Å². The average Bonchev–Trinajstić information content (AvgIpc) is 2.57.